The van der Waals surface area contributed by atoms with E-state index in [0.29, 0.717) is 18.1 Å². The van der Waals surface area contributed by atoms with Crippen LogP contribution in [0.15, 0.2) is 42.0 Å². The van der Waals surface area contributed by atoms with E-state index < -0.39 is 0 Å². The highest BCUT2D eigenvalue weighted by Gasteiger charge is 2.55. The molecule has 0 radical (unpaired) electrons. The Bertz CT molecular complexity index is 628. The Morgan fingerprint density at radius 3 is 2.76 bits per heavy atom. The summed E-state index contributed by atoms with van der Waals surface area (Å²) < 4.78 is 0. The molecule has 0 aliphatic heterocycles. The maximum Gasteiger partial charge on any atom is 0.189 e. The topological polar surface area (TPSA) is 34.1 Å². The summed E-state index contributed by atoms with van der Waals surface area (Å²) in [5.74, 6) is 1.05. The standard InChI is InChI=1S/C19H20O2/c20-17-12-19-9-5-4-8-15(19)10-14(17)11-16(19)18(21)13-6-2-1-3-7-13/h1-3,6-7,11,14-15H,4-5,8-10,12H2. The Kier molecular flexibility index (Phi) is 2.88. The molecule has 108 valence electrons. The van der Waals surface area contributed by atoms with Crippen LogP contribution in [0.25, 0.3) is 0 Å². The molecule has 1 aromatic rings. The van der Waals surface area contributed by atoms with Crippen molar-refractivity contribution in [3.63, 3.8) is 0 Å². The van der Waals surface area contributed by atoms with Gasteiger partial charge in [-0.05, 0) is 25.2 Å². The molecule has 4 aliphatic rings. The van der Waals surface area contributed by atoms with Crippen LogP contribution < -0.4 is 0 Å². The number of allylic oxidation sites excluding steroid dienone is 2. The molecule has 2 saturated carbocycles. The van der Waals surface area contributed by atoms with Crippen molar-refractivity contribution in [2.45, 2.75) is 38.5 Å². The molecule has 1 spiro atoms. The zero-order valence-electron chi connectivity index (χ0n) is 12.2. The second-order valence-electron chi connectivity index (χ2n) is 6.86. The van der Waals surface area contributed by atoms with Gasteiger partial charge < -0.3 is 0 Å². The van der Waals surface area contributed by atoms with Crippen LogP contribution in [0.2, 0.25) is 0 Å². The van der Waals surface area contributed by atoms with Crippen molar-refractivity contribution < 1.29 is 9.59 Å². The lowest BCUT2D eigenvalue weighted by atomic mass is 9.49. The first-order chi connectivity index (χ1) is 10.2. The monoisotopic (exact) mass is 280 g/mol. The Labute approximate surface area is 125 Å². The number of fused-ring (bicyclic) bond motifs is 1. The number of Topliss-reactive ketones (excluding diaryl/α,β-unsaturated/α-hetero) is 2. The van der Waals surface area contributed by atoms with Gasteiger partial charge in [-0.25, -0.2) is 0 Å². The third-order valence-electron chi connectivity index (χ3n) is 5.83. The van der Waals surface area contributed by atoms with E-state index in [4.69, 9.17) is 0 Å². The van der Waals surface area contributed by atoms with Gasteiger partial charge in [0.25, 0.3) is 0 Å². The molecule has 0 heterocycles. The minimum Gasteiger partial charge on any atom is -0.299 e. The van der Waals surface area contributed by atoms with Crippen molar-refractivity contribution in [1.82, 2.24) is 0 Å². The fourth-order valence-corrected chi connectivity index (χ4v) is 4.79. The largest absolute Gasteiger partial charge is 0.299 e. The highest BCUT2D eigenvalue weighted by molar-refractivity contribution is 6.11. The van der Waals surface area contributed by atoms with Crippen LogP contribution in [0.4, 0.5) is 0 Å². The molecule has 0 aromatic heterocycles. The van der Waals surface area contributed by atoms with Gasteiger partial charge in [0.05, 0.1) is 0 Å². The van der Waals surface area contributed by atoms with Crippen LogP contribution >= 0.6 is 0 Å². The SMILES string of the molecule is O=C(C1=CC2CC3CCCCC13CC2=O)c1ccccc1. The molecular weight excluding hydrogens is 260 g/mol. The Morgan fingerprint density at radius 2 is 1.95 bits per heavy atom. The highest BCUT2D eigenvalue weighted by Crippen LogP contribution is 2.59. The fourth-order valence-electron chi connectivity index (χ4n) is 4.79. The summed E-state index contributed by atoms with van der Waals surface area (Å²) in [6, 6.07) is 9.54. The van der Waals surface area contributed by atoms with E-state index in [2.05, 4.69) is 0 Å². The minimum absolute atomic E-state index is 0.00219. The van der Waals surface area contributed by atoms with E-state index in [0.717, 1.165) is 30.4 Å². The number of hydrogen-bond donors (Lipinski definition) is 0. The maximum absolute atomic E-state index is 13.0. The van der Waals surface area contributed by atoms with Gasteiger partial charge in [-0.2, -0.15) is 0 Å². The predicted molar refractivity (Wildman–Crippen MR) is 81.0 cm³/mol. The lowest BCUT2D eigenvalue weighted by Gasteiger charge is -2.53. The molecule has 0 N–H and O–H groups in total. The normalized spacial score (nSPS) is 34.3. The molecule has 21 heavy (non-hydrogen) atoms. The summed E-state index contributed by atoms with van der Waals surface area (Å²) in [4.78, 5) is 25.2. The van der Waals surface area contributed by atoms with Crippen molar-refractivity contribution in [1.29, 1.82) is 0 Å². The van der Waals surface area contributed by atoms with E-state index in [9.17, 15) is 9.59 Å². The summed E-state index contributed by atoms with van der Waals surface area (Å²) in [6.45, 7) is 0. The first kappa shape index (κ1) is 13.0. The summed E-state index contributed by atoms with van der Waals surface area (Å²) in [5.41, 5.74) is 1.58. The van der Waals surface area contributed by atoms with Gasteiger partial charge in [-0.3, -0.25) is 9.59 Å². The highest BCUT2D eigenvalue weighted by atomic mass is 16.1. The molecular formula is C19H20O2. The first-order valence-corrected chi connectivity index (χ1v) is 8.05. The zero-order chi connectivity index (χ0) is 14.4. The molecule has 3 atom stereocenters. The van der Waals surface area contributed by atoms with Crippen LogP contribution in [0.1, 0.15) is 48.9 Å². The summed E-state index contributed by atoms with van der Waals surface area (Å²) >= 11 is 0. The van der Waals surface area contributed by atoms with Crippen LogP contribution in [0.5, 0.6) is 0 Å². The van der Waals surface area contributed by atoms with Gasteiger partial charge in [-0.1, -0.05) is 49.2 Å². The fraction of sp³-hybridized carbons (Fsp3) is 0.474. The molecule has 1 aromatic carbocycles. The van der Waals surface area contributed by atoms with E-state index in [1.807, 2.05) is 36.4 Å². The molecule has 4 aliphatic carbocycles. The Balaban J connectivity index is 1.79. The molecule has 2 nitrogen and oxygen atoms in total. The molecule has 5 rings (SSSR count). The third kappa shape index (κ3) is 1.85. The van der Waals surface area contributed by atoms with Gasteiger partial charge in [0.1, 0.15) is 5.78 Å². The molecule has 2 heteroatoms. The second-order valence-corrected chi connectivity index (χ2v) is 6.86. The minimum atomic E-state index is -0.142. The van der Waals surface area contributed by atoms with E-state index in [1.54, 1.807) is 0 Å². The zero-order valence-corrected chi connectivity index (χ0v) is 12.2. The van der Waals surface area contributed by atoms with Gasteiger partial charge in [0, 0.05) is 28.9 Å². The average molecular weight is 280 g/mol. The number of carbonyl (C=O) groups is 2. The number of benzene rings is 1. The van der Waals surface area contributed by atoms with Crippen LogP contribution in [-0.4, -0.2) is 11.6 Å². The van der Waals surface area contributed by atoms with Gasteiger partial charge in [0.15, 0.2) is 5.78 Å². The number of carbonyl (C=O) groups excluding carboxylic acids is 2. The number of ketones is 2. The molecule has 3 unspecified atom stereocenters. The maximum atomic E-state index is 13.0. The van der Waals surface area contributed by atoms with Crippen molar-refractivity contribution >= 4 is 11.6 Å². The average Bonchev–Trinajstić information content (AvgIpc) is 2.53. The molecule has 2 bridgehead atoms. The molecule has 0 saturated heterocycles. The first-order valence-electron chi connectivity index (χ1n) is 8.05. The predicted octanol–water partition coefficient (Wildman–Crippen LogP) is 3.97. The number of rotatable bonds is 2. The quantitative estimate of drug-likeness (QED) is 0.768. The second kappa shape index (κ2) is 4.66. The van der Waals surface area contributed by atoms with Crippen LogP contribution in [0.3, 0.4) is 0 Å². The van der Waals surface area contributed by atoms with Gasteiger partial charge in [0.2, 0.25) is 0 Å². The van der Waals surface area contributed by atoms with E-state index in [-0.39, 0.29) is 17.1 Å². The molecule has 2 fully saturated rings. The third-order valence-corrected chi connectivity index (χ3v) is 5.83. The Hall–Kier alpha value is -1.70. The lowest BCUT2D eigenvalue weighted by Crippen LogP contribution is -2.50. The van der Waals surface area contributed by atoms with Crippen LogP contribution in [-0.2, 0) is 4.79 Å². The number of hydrogen-bond acceptors (Lipinski definition) is 2. The van der Waals surface area contributed by atoms with Crippen molar-refractivity contribution in [2.75, 3.05) is 0 Å². The van der Waals surface area contributed by atoms with Crippen molar-refractivity contribution in [2.24, 2.45) is 17.3 Å². The van der Waals surface area contributed by atoms with Crippen LogP contribution in [0, 0.1) is 17.3 Å². The molecule has 0 amide bonds. The summed E-state index contributed by atoms with van der Waals surface area (Å²) in [6.07, 6.45) is 8.19. The smallest absolute Gasteiger partial charge is 0.189 e. The Morgan fingerprint density at radius 1 is 1.14 bits per heavy atom. The van der Waals surface area contributed by atoms with E-state index >= 15 is 0 Å². The van der Waals surface area contributed by atoms with Crippen molar-refractivity contribution in [3.8, 4) is 0 Å². The summed E-state index contributed by atoms with van der Waals surface area (Å²) in [5, 5.41) is 0. The lowest BCUT2D eigenvalue weighted by molar-refractivity contribution is -0.131. The van der Waals surface area contributed by atoms with Crippen molar-refractivity contribution in [3.05, 3.63) is 47.5 Å². The van der Waals surface area contributed by atoms with Gasteiger partial charge >= 0.3 is 0 Å². The van der Waals surface area contributed by atoms with Gasteiger partial charge in [-0.15, -0.1) is 0 Å². The summed E-state index contributed by atoms with van der Waals surface area (Å²) in [7, 11) is 0. The van der Waals surface area contributed by atoms with E-state index in [1.165, 1.54) is 12.8 Å².